The summed E-state index contributed by atoms with van der Waals surface area (Å²) in [6.07, 6.45) is 3.17. The summed E-state index contributed by atoms with van der Waals surface area (Å²) in [4.78, 5) is 12.7. The molecule has 23 heavy (non-hydrogen) atoms. The average molecular weight is 319 g/mol. The maximum Gasteiger partial charge on any atom is 0.256 e. The predicted octanol–water partition coefficient (Wildman–Crippen LogP) is 4.32. The molecular weight excluding hydrogens is 290 g/mol. The summed E-state index contributed by atoms with van der Waals surface area (Å²) in [5.41, 5.74) is 1.08. The maximum atomic E-state index is 12.7. The van der Waals surface area contributed by atoms with E-state index in [4.69, 9.17) is 9.47 Å². The lowest BCUT2D eigenvalue weighted by Crippen LogP contribution is -2.45. The molecule has 128 valence electrons. The molecular formula is C19H29NO3. The molecule has 0 aromatic heterocycles. The van der Waals surface area contributed by atoms with Gasteiger partial charge in [0.2, 0.25) is 0 Å². The molecule has 1 saturated carbocycles. The fourth-order valence-electron chi connectivity index (χ4n) is 2.69. The van der Waals surface area contributed by atoms with Crippen molar-refractivity contribution in [1.29, 1.82) is 0 Å². The van der Waals surface area contributed by atoms with E-state index in [1.807, 2.05) is 45.9 Å². The Morgan fingerprint density at radius 2 is 2.09 bits per heavy atom. The minimum absolute atomic E-state index is 0.0506. The highest BCUT2D eigenvalue weighted by molar-refractivity contribution is 5.97. The first kappa shape index (κ1) is 17.8. The standard InChI is InChI=1S/C19H29NO3/c1-6-11-22-19(5,15-7-8-15)18(21)20-16-9-10-17(14(4)12-16)23-13(2)3/h9-10,12-13,15H,6-8,11H2,1-5H3,(H,20,21). The van der Waals surface area contributed by atoms with Crippen molar-refractivity contribution < 1.29 is 14.3 Å². The molecule has 1 aromatic rings. The average Bonchev–Trinajstić information content (AvgIpc) is 3.32. The summed E-state index contributed by atoms with van der Waals surface area (Å²) in [6, 6.07) is 5.74. The van der Waals surface area contributed by atoms with E-state index in [-0.39, 0.29) is 12.0 Å². The van der Waals surface area contributed by atoms with Crippen molar-refractivity contribution in [2.24, 2.45) is 5.92 Å². The zero-order valence-corrected chi connectivity index (χ0v) is 14.9. The van der Waals surface area contributed by atoms with Crippen molar-refractivity contribution in [2.45, 2.75) is 65.6 Å². The largest absolute Gasteiger partial charge is 0.491 e. The summed E-state index contributed by atoms with van der Waals surface area (Å²) in [7, 11) is 0. The van der Waals surface area contributed by atoms with Crippen molar-refractivity contribution in [3.8, 4) is 5.75 Å². The van der Waals surface area contributed by atoms with Crippen molar-refractivity contribution in [1.82, 2.24) is 0 Å². The lowest BCUT2D eigenvalue weighted by Gasteiger charge is -2.28. The van der Waals surface area contributed by atoms with Crippen LogP contribution in [-0.2, 0) is 9.53 Å². The van der Waals surface area contributed by atoms with Crippen LogP contribution in [0.25, 0.3) is 0 Å². The molecule has 0 spiro atoms. The van der Waals surface area contributed by atoms with E-state index in [2.05, 4.69) is 12.2 Å². The molecule has 2 rings (SSSR count). The lowest BCUT2D eigenvalue weighted by atomic mass is 9.98. The molecule has 1 aromatic carbocycles. The summed E-state index contributed by atoms with van der Waals surface area (Å²) in [5.74, 6) is 1.13. The second-order valence-electron chi connectivity index (χ2n) is 6.83. The van der Waals surface area contributed by atoms with E-state index in [0.717, 1.165) is 36.3 Å². The fourth-order valence-corrected chi connectivity index (χ4v) is 2.69. The number of benzene rings is 1. The first-order valence-corrected chi connectivity index (χ1v) is 8.59. The van der Waals surface area contributed by atoms with Gasteiger partial charge in [-0.3, -0.25) is 4.79 Å². The number of carbonyl (C=O) groups excluding carboxylic acids is 1. The molecule has 1 amide bonds. The van der Waals surface area contributed by atoms with Crippen molar-refractivity contribution in [2.75, 3.05) is 11.9 Å². The summed E-state index contributed by atoms with van der Waals surface area (Å²) in [5, 5.41) is 3.01. The third kappa shape index (κ3) is 4.47. The molecule has 0 bridgehead atoms. The number of amides is 1. The SMILES string of the molecule is CCCOC(C)(C(=O)Nc1ccc(OC(C)C)c(C)c1)C1CC1. The zero-order valence-electron chi connectivity index (χ0n) is 14.9. The Morgan fingerprint density at radius 1 is 1.39 bits per heavy atom. The number of ether oxygens (including phenoxy) is 2. The zero-order chi connectivity index (χ0) is 17.0. The van der Waals surface area contributed by atoms with Gasteiger partial charge in [-0.25, -0.2) is 0 Å². The lowest BCUT2D eigenvalue weighted by molar-refractivity contribution is -0.142. The van der Waals surface area contributed by atoms with Gasteiger partial charge in [-0.1, -0.05) is 6.92 Å². The van der Waals surface area contributed by atoms with Crippen LogP contribution in [-0.4, -0.2) is 24.2 Å². The normalized spacial score (nSPS) is 17.0. The Balaban J connectivity index is 2.08. The smallest absolute Gasteiger partial charge is 0.256 e. The third-order valence-corrected chi connectivity index (χ3v) is 4.21. The van der Waals surface area contributed by atoms with Gasteiger partial charge < -0.3 is 14.8 Å². The van der Waals surface area contributed by atoms with Gasteiger partial charge in [0, 0.05) is 12.3 Å². The number of rotatable bonds is 8. The minimum atomic E-state index is -0.725. The Hall–Kier alpha value is -1.55. The van der Waals surface area contributed by atoms with Crippen LogP contribution < -0.4 is 10.1 Å². The predicted molar refractivity (Wildman–Crippen MR) is 92.9 cm³/mol. The van der Waals surface area contributed by atoms with E-state index in [1.165, 1.54) is 0 Å². The molecule has 1 N–H and O–H groups in total. The Bertz CT molecular complexity index is 552. The minimum Gasteiger partial charge on any atom is -0.491 e. The van der Waals surface area contributed by atoms with Gasteiger partial charge in [0.25, 0.3) is 5.91 Å². The first-order chi connectivity index (χ1) is 10.9. The molecule has 0 aliphatic heterocycles. The number of hydrogen-bond acceptors (Lipinski definition) is 3. The second kappa shape index (κ2) is 7.35. The van der Waals surface area contributed by atoms with E-state index in [0.29, 0.717) is 12.5 Å². The highest BCUT2D eigenvalue weighted by atomic mass is 16.5. The van der Waals surface area contributed by atoms with Crippen LogP contribution in [0.2, 0.25) is 0 Å². The van der Waals surface area contributed by atoms with Gasteiger partial charge in [0.1, 0.15) is 11.4 Å². The third-order valence-electron chi connectivity index (χ3n) is 4.21. The first-order valence-electron chi connectivity index (χ1n) is 8.59. The number of hydrogen-bond donors (Lipinski definition) is 1. The molecule has 1 atom stereocenters. The Labute approximate surface area is 139 Å². The van der Waals surface area contributed by atoms with Gasteiger partial charge in [-0.05, 0) is 76.6 Å². The van der Waals surface area contributed by atoms with Crippen LogP contribution in [0, 0.1) is 12.8 Å². The van der Waals surface area contributed by atoms with Gasteiger partial charge >= 0.3 is 0 Å². The molecule has 0 heterocycles. The van der Waals surface area contributed by atoms with Crippen LogP contribution in [0.1, 0.15) is 52.5 Å². The van der Waals surface area contributed by atoms with Gasteiger partial charge in [-0.2, -0.15) is 0 Å². The maximum absolute atomic E-state index is 12.7. The summed E-state index contributed by atoms with van der Waals surface area (Å²) < 4.78 is 11.6. The summed E-state index contributed by atoms with van der Waals surface area (Å²) in [6.45, 7) is 10.6. The summed E-state index contributed by atoms with van der Waals surface area (Å²) >= 11 is 0. The molecule has 1 aliphatic rings. The molecule has 1 unspecified atom stereocenters. The fraction of sp³-hybridized carbons (Fsp3) is 0.632. The Kier molecular flexibility index (Phi) is 5.69. The number of aryl methyl sites for hydroxylation is 1. The molecule has 1 aliphatic carbocycles. The molecule has 0 radical (unpaired) electrons. The Morgan fingerprint density at radius 3 is 2.61 bits per heavy atom. The topological polar surface area (TPSA) is 47.6 Å². The second-order valence-corrected chi connectivity index (χ2v) is 6.83. The highest BCUT2D eigenvalue weighted by Crippen LogP contribution is 2.42. The quantitative estimate of drug-likeness (QED) is 0.776. The van der Waals surface area contributed by atoms with Crippen LogP contribution in [0.3, 0.4) is 0 Å². The van der Waals surface area contributed by atoms with Crippen molar-refractivity contribution in [3.63, 3.8) is 0 Å². The van der Waals surface area contributed by atoms with E-state index < -0.39 is 5.60 Å². The highest BCUT2D eigenvalue weighted by Gasteiger charge is 2.48. The van der Waals surface area contributed by atoms with Crippen LogP contribution in [0.15, 0.2) is 18.2 Å². The van der Waals surface area contributed by atoms with Gasteiger partial charge in [0.05, 0.1) is 6.10 Å². The van der Waals surface area contributed by atoms with E-state index in [1.54, 1.807) is 0 Å². The number of carbonyl (C=O) groups is 1. The van der Waals surface area contributed by atoms with Crippen LogP contribution in [0.4, 0.5) is 5.69 Å². The van der Waals surface area contributed by atoms with E-state index in [9.17, 15) is 4.79 Å². The van der Waals surface area contributed by atoms with Crippen LogP contribution >= 0.6 is 0 Å². The number of anilines is 1. The molecule has 4 nitrogen and oxygen atoms in total. The molecule has 0 saturated heterocycles. The van der Waals surface area contributed by atoms with Gasteiger partial charge in [0.15, 0.2) is 0 Å². The number of nitrogens with one attached hydrogen (secondary N) is 1. The van der Waals surface area contributed by atoms with E-state index >= 15 is 0 Å². The molecule has 1 fully saturated rings. The van der Waals surface area contributed by atoms with Crippen molar-refractivity contribution in [3.05, 3.63) is 23.8 Å². The monoisotopic (exact) mass is 319 g/mol. The molecule has 4 heteroatoms. The van der Waals surface area contributed by atoms with Crippen LogP contribution in [0.5, 0.6) is 5.75 Å². The van der Waals surface area contributed by atoms with Crippen molar-refractivity contribution >= 4 is 11.6 Å². The van der Waals surface area contributed by atoms with Gasteiger partial charge in [-0.15, -0.1) is 0 Å².